The Balaban J connectivity index is 3.30. The number of hydrogen-bond donors (Lipinski definition) is 0. The summed E-state index contributed by atoms with van der Waals surface area (Å²) in [6.07, 6.45) is 8.87. The molecular formula is C26H49BrO2. The van der Waals surface area contributed by atoms with Gasteiger partial charge in [0.25, 0.3) is 0 Å². The fourth-order valence-electron chi connectivity index (χ4n) is 7.05. The number of ketones is 1. The second-order valence-corrected chi connectivity index (χ2v) is 10.8. The smallest absolute Gasteiger partial charge is 0.136 e. The van der Waals surface area contributed by atoms with Crippen LogP contribution in [0.4, 0.5) is 0 Å². The largest absolute Gasteiger partial charge is 0.384 e. The van der Waals surface area contributed by atoms with Gasteiger partial charge in [-0.25, -0.2) is 0 Å². The van der Waals surface area contributed by atoms with Gasteiger partial charge >= 0.3 is 0 Å². The van der Waals surface area contributed by atoms with Crippen LogP contribution in [0.2, 0.25) is 0 Å². The van der Waals surface area contributed by atoms with Gasteiger partial charge in [0, 0.05) is 24.8 Å². The summed E-state index contributed by atoms with van der Waals surface area (Å²) in [5.74, 6) is 3.26. The lowest BCUT2D eigenvalue weighted by atomic mass is 9.47. The summed E-state index contributed by atoms with van der Waals surface area (Å²) in [5, 5.41) is 0.921. The Morgan fingerprint density at radius 2 is 1.86 bits per heavy atom. The Labute approximate surface area is 190 Å². The van der Waals surface area contributed by atoms with Gasteiger partial charge in [-0.15, -0.1) is 0 Å². The van der Waals surface area contributed by atoms with Crippen LogP contribution in [0.3, 0.4) is 0 Å². The van der Waals surface area contributed by atoms with E-state index in [4.69, 9.17) is 4.74 Å². The van der Waals surface area contributed by atoms with E-state index in [1.165, 1.54) is 38.5 Å². The van der Waals surface area contributed by atoms with Crippen molar-refractivity contribution in [2.24, 2.45) is 40.4 Å². The molecule has 0 aromatic heterocycles. The van der Waals surface area contributed by atoms with Gasteiger partial charge < -0.3 is 4.74 Å². The van der Waals surface area contributed by atoms with Gasteiger partial charge in [-0.3, -0.25) is 4.79 Å². The van der Waals surface area contributed by atoms with Crippen LogP contribution in [0, 0.1) is 40.4 Å². The van der Waals surface area contributed by atoms with E-state index in [0.717, 1.165) is 18.4 Å². The number of hydrogen-bond acceptors (Lipinski definition) is 2. The van der Waals surface area contributed by atoms with E-state index >= 15 is 0 Å². The second-order valence-electron chi connectivity index (χ2n) is 10.0. The van der Waals surface area contributed by atoms with E-state index in [2.05, 4.69) is 64.4 Å². The number of carbonyl (C=O) groups excluding carboxylic acids is 1. The van der Waals surface area contributed by atoms with Gasteiger partial charge in [-0.1, -0.05) is 83.7 Å². The Morgan fingerprint density at radius 3 is 2.31 bits per heavy atom. The van der Waals surface area contributed by atoms with Crippen molar-refractivity contribution < 1.29 is 9.53 Å². The molecule has 29 heavy (non-hydrogen) atoms. The molecule has 172 valence electrons. The van der Waals surface area contributed by atoms with Crippen molar-refractivity contribution in [3.8, 4) is 0 Å². The maximum absolute atomic E-state index is 13.0. The highest BCUT2D eigenvalue weighted by atomic mass is 79.9. The highest BCUT2D eigenvalue weighted by Gasteiger charge is 2.54. The molecule has 1 aliphatic carbocycles. The molecule has 0 aromatic rings. The number of alkyl halides is 1. The molecule has 2 nitrogen and oxygen atoms in total. The Hall–Kier alpha value is 0.110. The molecule has 0 heterocycles. The maximum atomic E-state index is 13.0. The Kier molecular flexibility index (Phi) is 11.4. The van der Waals surface area contributed by atoms with Gasteiger partial charge in [0.05, 0.1) is 6.61 Å². The normalized spacial score (nSPS) is 31.8. The zero-order valence-corrected chi connectivity index (χ0v) is 22.2. The van der Waals surface area contributed by atoms with Crippen LogP contribution in [-0.2, 0) is 9.53 Å². The van der Waals surface area contributed by atoms with E-state index < -0.39 is 0 Å². The molecule has 0 radical (unpaired) electrons. The molecule has 0 saturated heterocycles. The molecule has 0 bridgehead atoms. The van der Waals surface area contributed by atoms with Gasteiger partial charge in [0.2, 0.25) is 0 Å². The quantitative estimate of drug-likeness (QED) is 0.254. The van der Waals surface area contributed by atoms with Crippen molar-refractivity contribution in [3.63, 3.8) is 0 Å². The first-order valence-corrected chi connectivity index (χ1v) is 13.4. The lowest BCUT2D eigenvalue weighted by molar-refractivity contribution is -0.139. The topological polar surface area (TPSA) is 26.3 Å². The van der Waals surface area contributed by atoms with Crippen LogP contribution in [0.25, 0.3) is 0 Å². The predicted molar refractivity (Wildman–Crippen MR) is 130 cm³/mol. The summed E-state index contributed by atoms with van der Waals surface area (Å²) in [6.45, 7) is 17.4. The molecule has 3 heteroatoms. The molecule has 1 rings (SSSR count). The average molecular weight is 474 g/mol. The zero-order valence-electron chi connectivity index (χ0n) is 20.7. The minimum Gasteiger partial charge on any atom is -0.384 e. The van der Waals surface area contributed by atoms with Gasteiger partial charge in [-0.2, -0.15) is 0 Å². The molecule has 0 aromatic carbocycles. The predicted octanol–water partition coefficient (Wildman–Crippen LogP) is 7.92. The van der Waals surface area contributed by atoms with Gasteiger partial charge in [0.1, 0.15) is 5.78 Å². The van der Waals surface area contributed by atoms with Crippen molar-refractivity contribution in [2.75, 3.05) is 19.0 Å². The molecule has 1 saturated carbocycles. The first kappa shape index (κ1) is 27.1. The van der Waals surface area contributed by atoms with E-state index in [-0.39, 0.29) is 16.7 Å². The molecule has 0 N–H and O–H groups in total. The molecule has 7 atom stereocenters. The minimum atomic E-state index is 0.122. The number of rotatable bonds is 13. The van der Waals surface area contributed by atoms with Crippen LogP contribution >= 0.6 is 15.9 Å². The van der Waals surface area contributed by atoms with Crippen LogP contribution in [0.15, 0.2) is 0 Å². The highest BCUT2D eigenvalue weighted by Crippen LogP contribution is 2.60. The molecule has 0 spiro atoms. The van der Waals surface area contributed by atoms with Crippen LogP contribution < -0.4 is 0 Å². The summed E-state index contributed by atoms with van der Waals surface area (Å²) < 4.78 is 5.86. The van der Waals surface area contributed by atoms with Crippen LogP contribution in [0.1, 0.15) is 99.8 Å². The molecule has 0 amide bonds. The average Bonchev–Trinajstić information content (AvgIpc) is 2.74. The van der Waals surface area contributed by atoms with Gasteiger partial charge in [0.15, 0.2) is 0 Å². The van der Waals surface area contributed by atoms with E-state index in [1.54, 1.807) is 0 Å². The van der Waals surface area contributed by atoms with Gasteiger partial charge in [-0.05, 0) is 60.2 Å². The molecule has 1 fully saturated rings. The highest BCUT2D eigenvalue weighted by molar-refractivity contribution is 9.09. The third-order valence-corrected chi connectivity index (χ3v) is 9.78. The van der Waals surface area contributed by atoms with Crippen molar-refractivity contribution in [1.29, 1.82) is 0 Å². The van der Waals surface area contributed by atoms with Crippen molar-refractivity contribution in [1.82, 2.24) is 0 Å². The van der Waals surface area contributed by atoms with Crippen molar-refractivity contribution in [3.05, 3.63) is 0 Å². The standard InChI is InChI=1S/C26H49BrO2/c1-9-19(5)26(12-4,18-29-8)23-15-16-25(7,22(11-3)21(23)10-2)20(6)24(28)14-13-17-27/h19-23H,9-18H2,1-8H3. The molecule has 7 unspecified atom stereocenters. The number of Topliss-reactive ketones (excluding diaryl/α,β-unsaturated/α-hetero) is 1. The maximum Gasteiger partial charge on any atom is 0.136 e. The van der Waals surface area contributed by atoms with E-state index in [1.807, 2.05) is 7.11 Å². The minimum absolute atomic E-state index is 0.122. The Bertz CT molecular complexity index is 493. The SMILES string of the molecule is CCC1C(CC)C(C)(C(C)C(=O)CCCBr)CCC1C(CC)(COC)C(C)CC. The summed E-state index contributed by atoms with van der Waals surface area (Å²) in [5.41, 5.74) is 0.374. The third-order valence-electron chi connectivity index (χ3n) is 9.22. The summed E-state index contributed by atoms with van der Waals surface area (Å²) in [6, 6.07) is 0. The molecular weight excluding hydrogens is 424 g/mol. The fourth-order valence-corrected chi connectivity index (χ4v) is 7.33. The van der Waals surface area contributed by atoms with E-state index in [9.17, 15) is 4.79 Å². The van der Waals surface area contributed by atoms with E-state index in [0.29, 0.717) is 35.9 Å². The monoisotopic (exact) mass is 472 g/mol. The fraction of sp³-hybridized carbons (Fsp3) is 0.962. The number of ether oxygens (including phenoxy) is 1. The summed E-state index contributed by atoms with van der Waals surface area (Å²) >= 11 is 3.49. The summed E-state index contributed by atoms with van der Waals surface area (Å²) in [4.78, 5) is 13.0. The number of methoxy groups -OCH3 is 1. The third kappa shape index (κ3) is 5.48. The molecule has 0 aliphatic heterocycles. The Morgan fingerprint density at radius 1 is 1.21 bits per heavy atom. The zero-order chi connectivity index (χ0) is 22.2. The summed E-state index contributed by atoms with van der Waals surface area (Å²) in [7, 11) is 1.88. The first-order valence-electron chi connectivity index (χ1n) is 12.3. The first-order chi connectivity index (χ1) is 13.7. The van der Waals surface area contributed by atoms with Crippen LogP contribution in [-0.4, -0.2) is 24.8 Å². The second kappa shape index (κ2) is 12.2. The molecule has 1 aliphatic rings. The number of carbonyl (C=O) groups is 1. The lowest BCUT2D eigenvalue weighted by Crippen LogP contribution is -2.53. The number of halogens is 1. The van der Waals surface area contributed by atoms with Crippen molar-refractivity contribution >= 4 is 21.7 Å². The lowest BCUT2D eigenvalue weighted by Gasteiger charge is -2.58. The van der Waals surface area contributed by atoms with Crippen LogP contribution in [0.5, 0.6) is 0 Å². The van der Waals surface area contributed by atoms with Crippen molar-refractivity contribution in [2.45, 2.75) is 99.8 Å².